The van der Waals surface area contributed by atoms with Gasteiger partial charge in [0.2, 0.25) is 0 Å². The molecule has 0 saturated carbocycles. The highest BCUT2D eigenvalue weighted by Gasteiger charge is 2.31. The van der Waals surface area contributed by atoms with Crippen molar-refractivity contribution in [2.24, 2.45) is 5.41 Å². The summed E-state index contributed by atoms with van der Waals surface area (Å²) in [6.07, 6.45) is -0.450. The van der Waals surface area contributed by atoms with Crippen LogP contribution >= 0.6 is 0 Å². The zero-order valence-corrected chi connectivity index (χ0v) is 11.8. The molecule has 0 aliphatic rings. The monoisotopic (exact) mass is 250 g/mol. The maximum atomic E-state index is 12.4. The SMILES string of the molecule is CCOc1cccc(C(=O)C(OC)C(C)(C)C)c1. The molecule has 0 fully saturated rings. The first-order chi connectivity index (χ1) is 8.40. The van der Waals surface area contributed by atoms with E-state index in [0.717, 1.165) is 0 Å². The molecule has 1 atom stereocenters. The van der Waals surface area contributed by atoms with Crippen LogP contribution in [0.1, 0.15) is 38.1 Å². The van der Waals surface area contributed by atoms with E-state index in [4.69, 9.17) is 9.47 Å². The van der Waals surface area contributed by atoms with Crippen LogP contribution in [0.4, 0.5) is 0 Å². The van der Waals surface area contributed by atoms with Crippen LogP contribution in [0.2, 0.25) is 0 Å². The van der Waals surface area contributed by atoms with Crippen molar-refractivity contribution in [1.82, 2.24) is 0 Å². The maximum Gasteiger partial charge on any atom is 0.192 e. The fraction of sp³-hybridized carbons (Fsp3) is 0.533. The summed E-state index contributed by atoms with van der Waals surface area (Å²) >= 11 is 0. The number of methoxy groups -OCH3 is 1. The van der Waals surface area contributed by atoms with Gasteiger partial charge in [-0.05, 0) is 24.5 Å². The second-order valence-electron chi connectivity index (χ2n) is 5.31. The first-order valence-electron chi connectivity index (χ1n) is 6.20. The molecule has 0 saturated heterocycles. The largest absolute Gasteiger partial charge is 0.494 e. The van der Waals surface area contributed by atoms with Crippen molar-refractivity contribution in [3.63, 3.8) is 0 Å². The number of benzene rings is 1. The summed E-state index contributed by atoms with van der Waals surface area (Å²) in [5.74, 6) is 0.707. The zero-order chi connectivity index (χ0) is 13.8. The van der Waals surface area contributed by atoms with E-state index in [0.29, 0.717) is 17.9 Å². The highest BCUT2D eigenvalue weighted by Crippen LogP contribution is 2.26. The maximum absolute atomic E-state index is 12.4. The van der Waals surface area contributed by atoms with Crippen molar-refractivity contribution < 1.29 is 14.3 Å². The molecule has 0 aromatic heterocycles. The molecule has 3 nitrogen and oxygen atoms in total. The van der Waals surface area contributed by atoms with Crippen molar-refractivity contribution >= 4 is 5.78 Å². The fourth-order valence-electron chi connectivity index (χ4n) is 1.91. The van der Waals surface area contributed by atoms with Gasteiger partial charge in [0.1, 0.15) is 11.9 Å². The Morgan fingerprint density at radius 3 is 2.50 bits per heavy atom. The summed E-state index contributed by atoms with van der Waals surface area (Å²) in [6, 6.07) is 7.24. The van der Waals surface area contributed by atoms with Crippen LogP contribution in [0.25, 0.3) is 0 Å². The van der Waals surface area contributed by atoms with Gasteiger partial charge >= 0.3 is 0 Å². The van der Waals surface area contributed by atoms with E-state index in [2.05, 4.69) is 0 Å². The Morgan fingerprint density at radius 1 is 1.33 bits per heavy atom. The molecule has 18 heavy (non-hydrogen) atoms. The van der Waals surface area contributed by atoms with Crippen LogP contribution in [0.15, 0.2) is 24.3 Å². The number of ketones is 1. The third-order valence-electron chi connectivity index (χ3n) is 2.69. The van der Waals surface area contributed by atoms with Gasteiger partial charge in [-0.25, -0.2) is 0 Å². The lowest BCUT2D eigenvalue weighted by molar-refractivity contribution is 0.0195. The van der Waals surface area contributed by atoms with E-state index >= 15 is 0 Å². The predicted octanol–water partition coefficient (Wildman–Crippen LogP) is 3.33. The number of hydrogen-bond acceptors (Lipinski definition) is 3. The normalized spacial score (nSPS) is 13.2. The Hall–Kier alpha value is -1.35. The molecule has 0 aliphatic carbocycles. The standard InChI is InChI=1S/C15H22O3/c1-6-18-12-9-7-8-11(10-12)13(16)14(17-5)15(2,3)4/h7-10,14H,6H2,1-5H3. The number of hydrogen-bond donors (Lipinski definition) is 0. The van der Waals surface area contributed by atoms with Gasteiger partial charge in [0.25, 0.3) is 0 Å². The lowest BCUT2D eigenvalue weighted by Gasteiger charge is -2.28. The van der Waals surface area contributed by atoms with Crippen molar-refractivity contribution in [2.75, 3.05) is 13.7 Å². The number of carbonyl (C=O) groups excluding carboxylic acids is 1. The number of rotatable bonds is 5. The zero-order valence-electron chi connectivity index (χ0n) is 11.8. The summed E-state index contributed by atoms with van der Waals surface area (Å²) in [4.78, 5) is 12.4. The predicted molar refractivity (Wildman–Crippen MR) is 72.2 cm³/mol. The Labute approximate surface area is 109 Å². The lowest BCUT2D eigenvalue weighted by atomic mass is 9.84. The number of ether oxygens (including phenoxy) is 2. The first-order valence-corrected chi connectivity index (χ1v) is 6.20. The van der Waals surface area contributed by atoms with Crippen LogP contribution in [0.5, 0.6) is 5.75 Å². The molecule has 1 aromatic rings. The number of carbonyl (C=O) groups is 1. The molecule has 0 amide bonds. The van der Waals surface area contributed by atoms with Crippen LogP contribution in [0, 0.1) is 5.41 Å². The molecule has 100 valence electrons. The molecule has 0 aliphatic heterocycles. The van der Waals surface area contributed by atoms with Gasteiger partial charge in [-0.15, -0.1) is 0 Å². The number of Topliss-reactive ketones (excluding diaryl/α,β-unsaturated/α-hetero) is 1. The molecule has 1 unspecified atom stereocenters. The van der Waals surface area contributed by atoms with Crippen molar-refractivity contribution in [2.45, 2.75) is 33.8 Å². The second-order valence-corrected chi connectivity index (χ2v) is 5.31. The van der Waals surface area contributed by atoms with E-state index in [1.165, 1.54) is 0 Å². The van der Waals surface area contributed by atoms with Crippen molar-refractivity contribution in [3.8, 4) is 5.75 Å². The summed E-state index contributed by atoms with van der Waals surface area (Å²) in [7, 11) is 1.57. The van der Waals surface area contributed by atoms with Crippen LogP contribution in [-0.4, -0.2) is 25.6 Å². The lowest BCUT2D eigenvalue weighted by Crippen LogP contribution is -2.36. The molecule has 1 aromatic carbocycles. The van der Waals surface area contributed by atoms with E-state index in [1.807, 2.05) is 39.8 Å². The van der Waals surface area contributed by atoms with Crippen molar-refractivity contribution in [1.29, 1.82) is 0 Å². The molecule has 0 N–H and O–H groups in total. The van der Waals surface area contributed by atoms with Crippen molar-refractivity contribution in [3.05, 3.63) is 29.8 Å². The highest BCUT2D eigenvalue weighted by molar-refractivity contribution is 6.00. The first kappa shape index (κ1) is 14.7. The van der Waals surface area contributed by atoms with Gasteiger partial charge in [0, 0.05) is 12.7 Å². The topological polar surface area (TPSA) is 35.5 Å². The third-order valence-corrected chi connectivity index (χ3v) is 2.69. The smallest absolute Gasteiger partial charge is 0.192 e. The molecule has 0 radical (unpaired) electrons. The van der Waals surface area contributed by atoms with Gasteiger partial charge < -0.3 is 9.47 Å². The minimum Gasteiger partial charge on any atom is -0.494 e. The van der Waals surface area contributed by atoms with E-state index in [1.54, 1.807) is 19.2 Å². The Balaban J connectivity index is 2.98. The Morgan fingerprint density at radius 2 is 2.00 bits per heavy atom. The van der Waals surface area contributed by atoms with Gasteiger partial charge in [0.05, 0.1) is 6.61 Å². The van der Waals surface area contributed by atoms with Crippen LogP contribution < -0.4 is 4.74 Å². The quantitative estimate of drug-likeness (QED) is 0.752. The molecule has 0 bridgehead atoms. The fourth-order valence-corrected chi connectivity index (χ4v) is 1.91. The van der Waals surface area contributed by atoms with Gasteiger partial charge in [-0.1, -0.05) is 32.9 Å². The molecular formula is C15H22O3. The summed E-state index contributed by atoms with van der Waals surface area (Å²) < 4.78 is 10.7. The van der Waals surface area contributed by atoms with E-state index in [9.17, 15) is 4.79 Å². The Kier molecular flexibility index (Phi) is 4.91. The second kappa shape index (κ2) is 6.01. The highest BCUT2D eigenvalue weighted by atomic mass is 16.5. The van der Waals surface area contributed by atoms with Gasteiger partial charge in [-0.3, -0.25) is 4.79 Å². The average Bonchev–Trinajstić information content (AvgIpc) is 2.28. The third kappa shape index (κ3) is 3.57. The van der Waals surface area contributed by atoms with Crippen LogP contribution in [-0.2, 0) is 4.74 Å². The van der Waals surface area contributed by atoms with Gasteiger partial charge in [0.15, 0.2) is 5.78 Å². The minimum atomic E-state index is -0.450. The molecule has 1 rings (SSSR count). The summed E-state index contributed by atoms with van der Waals surface area (Å²) in [5.41, 5.74) is 0.399. The molecule has 0 heterocycles. The summed E-state index contributed by atoms with van der Waals surface area (Å²) in [6.45, 7) is 8.48. The summed E-state index contributed by atoms with van der Waals surface area (Å²) in [5, 5.41) is 0. The van der Waals surface area contributed by atoms with Crippen LogP contribution in [0.3, 0.4) is 0 Å². The molecular weight excluding hydrogens is 228 g/mol. The van der Waals surface area contributed by atoms with E-state index in [-0.39, 0.29) is 11.2 Å². The van der Waals surface area contributed by atoms with Gasteiger partial charge in [-0.2, -0.15) is 0 Å². The average molecular weight is 250 g/mol. The molecule has 0 spiro atoms. The van der Waals surface area contributed by atoms with E-state index < -0.39 is 6.10 Å². The minimum absolute atomic E-state index is 0.00782. The Bertz CT molecular complexity index is 404. The molecule has 3 heteroatoms.